The van der Waals surface area contributed by atoms with Crippen LogP contribution in [-0.2, 0) is 18.9 Å². The van der Waals surface area contributed by atoms with Crippen LogP contribution in [0.2, 0.25) is 0 Å². The minimum atomic E-state index is -0.668. The van der Waals surface area contributed by atoms with Gasteiger partial charge in [0.1, 0.15) is 28.9 Å². The van der Waals surface area contributed by atoms with Gasteiger partial charge in [-0.3, -0.25) is 4.90 Å². The number of carbonyl (C=O) groups excluding carboxylic acids is 2. The number of H-pyrrole nitrogens is 1. The normalized spacial score (nSPS) is 18.8. The summed E-state index contributed by atoms with van der Waals surface area (Å²) in [5.74, 6) is 1.23. The van der Waals surface area contributed by atoms with Crippen LogP contribution in [0, 0.1) is 0 Å². The number of carbonyl (C=O) groups is 2. The molecule has 12 heteroatoms. The van der Waals surface area contributed by atoms with Crippen LogP contribution in [0.3, 0.4) is 0 Å². The Morgan fingerprint density at radius 3 is 2.20 bits per heavy atom. The molecule has 2 fully saturated rings. The van der Waals surface area contributed by atoms with Gasteiger partial charge >= 0.3 is 12.2 Å². The highest BCUT2D eigenvalue weighted by Crippen LogP contribution is 2.33. The molecule has 0 saturated carbocycles. The molecule has 2 aliphatic rings. The Kier molecular flexibility index (Phi) is 8.87. The number of ether oxygens (including phenoxy) is 4. The van der Waals surface area contributed by atoms with Crippen molar-refractivity contribution in [2.24, 2.45) is 0 Å². The fraction of sp³-hybridized carbons (Fsp3) is 0.421. The summed E-state index contributed by atoms with van der Waals surface area (Å²) in [7, 11) is 0. The van der Waals surface area contributed by atoms with Crippen LogP contribution >= 0.6 is 0 Å². The quantitative estimate of drug-likeness (QED) is 0.206. The molecule has 2 aromatic heterocycles. The topological polar surface area (TPSA) is 133 Å². The molecule has 2 atom stereocenters. The zero-order valence-corrected chi connectivity index (χ0v) is 29.4. The Morgan fingerprint density at radius 2 is 1.48 bits per heavy atom. The summed E-state index contributed by atoms with van der Waals surface area (Å²) in [5.41, 5.74) is 3.90. The fourth-order valence-corrected chi connectivity index (χ4v) is 6.35. The van der Waals surface area contributed by atoms with Crippen molar-refractivity contribution in [3.05, 3.63) is 72.4 Å². The second kappa shape index (κ2) is 13.2. The molecule has 5 aromatic rings. The molecule has 262 valence electrons. The molecule has 0 aliphatic carbocycles. The first-order valence-corrected chi connectivity index (χ1v) is 17.1. The average Bonchev–Trinajstić information content (AvgIpc) is 3.72. The van der Waals surface area contributed by atoms with E-state index in [9.17, 15) is 9.59 Å². The van der Waals surface area contributed by atoms with Crippen LogP contribution in [0.4, 0.5) is 9.59 Å². The van der Waals surface area contributed by atoms with Crippen LogP contribution in [0.1, 0.15) is 65.3 Å². The number of aromatic amines is 1. The second-order valence-corrected chi connectivity index (χ2v) is 14.8. The first-order chi connectivity index (χ1) is 23.8. The third-order valence-electron chi connectivity index (χ3n) is 8.64. The van der Waals surface area contributed by atoms with Gasteiger partial charge in [0, 0.05) is 18.7 Å². The van der Waals surface area contributed by atoms with Gasteiger partial charge in [-0.15, -0.1) is 0 Å². The molecule has 4 heterocycles. The fourth-order valence-electron chi connectivity index (χ4n) is 6.35. The largest absolute Gasteiger partial charge is 0.444 e. The molecular weight excluding hydrogens is 636 g/mol. The van der Waals surface area contributed by atoms with E-state index in [0.717, 1.165) is 33.2 Å². The highest BCUT2D eigenvalue weighted by molar-refractivity contribution is 5.94. The van der Waals surface area contributed by atoms with Crippen molar-refractivity contribution in [2.45, 2.75) is 64.8 Å². The molecule has 3 aromatic carbocycles. The molecular formula is C38H44N6O6. The highest BCUT2D eigenvalue weighted by atomic mass is 16.6. The maximum atomic E-state index is 13.6. The van der Waals surface area contributed by atoms with E-state index in [2.05, 4.69) is 51.7 Å². The van der Waals surface area contributed by atoms with E-state index in [4.69, 9.17) is 23.9 Å². The monoisotopic (exact) mass is 680 g/mol. The summed E-state index contributed by atoms with van der Waals surface area (Å²) < 4.78 is 24.5. The molecule has 2 aliphatic heterocycles. The summed E-state index contributed by atoms with van der Waals surface area (Å²) in [5, 5.41) is 5.54. The summed E-state index contributed by atoms with van der Waals surface area (Å²) in [6.07, 6.45) is 0.940. The average molecular weight is 681 g/mol. The highest BCUT2D eigenvalue weighted by Gasteiger charge is 2.34. The van der Waals surface area contributed by atoms with Gasteiger partial charge in [-0.25, -0.2) is 24.1 Å². The van der Waals surface area contributed by atoms with Crippen LogP contribution in [0.25, 0.3) is 44.2 Å². The number of fused-ring (bicyclic) bond motifs is 2. The zero-order valence-electron chi connectivity index (χ0n) is 29.4. The summed E-state index contributed by atoms with van der Waals surface area (Å²) in [6, 6.07) is 17.9. The minimum absolute atomic E-state index is 0.229. The molecule has 1 amide bonds. The summed E-state index contributed by atoms with van der Waals surface area (Å²) >= 11 is 0. The number of morpholine rings is 2. The van der Waals surface area contributed by atoms with E-state index in [-0.39, 0.29) is 18.2 Å². The lowest BCUT2D eigenvalue weighted by molar-refractivity contribution is -0.0349. The predicted molar refractivity (Wildman–Crippen MR) is 190 cm³/mol. The van der Waals surface area contributed by atoms with Crippen molar-refractivity contribution < 1.29 is 28.5 Å². The standard InChI is InChI=1S/C38H44N6O6/c1-37(2,3)49-35(45)43-14-16-48-22-32(43)33-40-20-29(41-33)27-10-9-23-17-24(7-8-25(23)18-27)26-11-12-28-31(19-26)44(36(46)50-38(4,5)6)34(42-28)30-21-47-15-13-39-30/h7-12,17-20,30,32,39H,13-16,21-22H2,1-6H3,(H,40,41)/t30-,32-/m0/s1. The van der Waals surface area contributed by atoms with Gasteiger partial charge in [0.25, 0.3) is 0 Å². The molecule has 0 radical (unpaired) electrons. The molecule has 2 N–H and O–H groups in total. The van der Waals surface area contributed by atoms with E-state index in [1.807, 2.05) is 59.7 Å². The van der Waals surface area contributed by atoms with Crippen LogP contribution in [0.15, 0.2) is 60.8 Å². The molecule has 12 nitrogen and oxygen atoms in total. The summed E-state index contributed by atoms with van der Waals surface area (Å²) in [6.45, 7) is 14.1. The minimum Gasteiger partial charge on any atom is -0.444 e. The number of nitrogens with one attached hydrogen (secondary N) is 2. The second-order valence-electron chi connectivity index (χ2n) is 14.8. The lowest BCUT2D eigenvalue weighted by Gasteiger charge is -2.35. The Morgan fingerprint density at radius 1 is 0.820 bits per heavy atom. The molecule has 50 heavy (non-hydrogen) atoms. The van der Waals surface area contributed by atoms with Gasteiger partial charge in [0.2, 0.25) is 0 Å². The molecule has 2 saturated heterocycles. The number of rotatable bonds is 4. The number of aromatic nitrogens is 4. The Labute approximate surface area is 291 Å². The predicted octanol–water partition coefficient (Wildman–Crippen LogP) is 7.00. The number of benzene rings is 3. The van der Waals surface area contributed by atoms with Gasteiger partial charge < -0.3 is 29.2 Å². The number of hydrogen-bond acceptors (Lipinski definition) is 9. The first kappa shape index (κ1) is 33.7. The van der Waals surface area contributed by atoms with Crippen molar-refractivity contribution in [1.29, 1.82) is 0 Å². The zero-order chi connectivity index (χ0) is 35.2. The third-order valence-corrected chi connectivity index (χ3v) is 8.64. The molecule has 0 spiro atoms. The van der Waals surface area contributed by atoms with E-state index in [1.165, 1.54) is 0 Å². The maximum absolute atomic E-state index is 13.6. The van der Waals surface area contributed by atoms with Crippen molar-refractivity contribution in [2.75, 3.05) is 39.5 Å². The lowest BCUT2D eigenvalue weighted by atomic mass is 9.99. The van der Waals surface area contributed by atoms with E-state index >= 15 is 0 Å². The smallest absolute Gasteiger partial charge is 0.420 e. The van der Waals surface area contributed by atoms with Gasteiger partial charge in [0.15, 0.2) is 0 Å². The van der Waals surface area contributed by atoms with Gasteiger partial charge in [0.05, 0.1) is 55.4 Å². The van der Waals surface area contributed by atoms with Gasteiger partial charge in [-0.1, -0.05) is 30.3 Å². The van der Waals surface area contributed by atoms with E-state index < -0.39 is 17.3 Å². The number of hydrogen-bond donors (Lipinski definition) is 2. The lowest BCUT2D eigenvalue weighted by Crippen LogP contribution is -2.46. The van der Waals surface area contributed by atoms with Gasteiger partial charge in [-0.05, 0) is 87.7 Å². The first-order valence-electron chi connectivity index (χ1n) is 17.1. The number of amides is 1. The Bertz CT molecular complexity index is 2050. The van der Waals surface area contributed by atoms with Gasteiger partial charge in [-0.2, -0.15) is 0 Å². The summed E-state index contributed by atoms with van der Waals surface area (Å²) in [4.78, 5) is 41.1. The van der Waals surface area contributed by atoms with Crippen LogP contribution in [0.5, 0.6) is 0 Å². The number of imidazole rings is 2. The maximum Gasteiger partial charge on any atom is 0.420 e. The van der Waals surface area contributed by atoms with Crippen LogP contribution in [-0.4, -0.2) is 87.3 Å². The van der Waals surface area contributed by atoms with Crippen molar-refractivity contribution in [3.8, 4) is 22.4 Å². The third kappa shape index (κ3) is 7.09. The van der Waals surface area contributed by atoms with Crippen molar-refractivity contribution in [1.82, 2.24) is 29.7 Å². The van der Waals surface area contributed by atoms with Crippen molar-refractivity contribution in [3.63, 3.8) is 0 Å². The van der Waals surface area contributed by atoms with Crippen molar-refractivity contribution >= 4 is 34.0 Å². The number of nitrogens with zero attached hydrogens (tertiary/aromatic N) is 4. The van der Waals surface area contributed by atoms with E-state index in [0.29, 0.717) is 62.2 Å². The molecule has 0 unspecified atom stereocenters. The van der Waals surface area contributed by atoms with E-state index in [1.54, 1.807) is 15.7 Å². The van der Waals surface area contributed by atoms with Crippen LogP contribution < -0.4 is 5.32 Å². The SMILES string of the molecule is CC(C)(C)OC(=O)N1CCOC[C@H]1c1ncc(-c2ccc3cc(-c4ccc5nc([C@@H]6COCCN6)n(C(=O)OC(C)(C)C)c5c4)ccc3c2)[nH]1. The Hall–Kier alpha value is -4.78. The molecule has 0 bridgehead atoms. The Balaban J connectivity index is 1.17. The molecule has 7 rings (SSSR count).